The molecular weight excluding hydrogens is 221 g/mol. The molecule has 0 bridgehead atoms. The van der Waals surface area contributed by atoms with E-state index in [2.05, 4.69) is 15.9 Å². The third kappa shape index (κ3) is 1.64. The van der Waals surface area contributed by atoms with Crippen LogP contribution >= 0.6 is 15.9 Å². The van der Waals surface area contributed by atoms with Crippen molar-refractivity contribution in [1.29, 1.82) is 5.26 Å². The number of halogens is 2. The van der Waals surface area contributed by atoms with Gasteiger partial charge in [-0.1, -0.05) is 28.1 Å². The van der Waals surface area contributed by atoms with E-state index < -0.39 is 5.82 Å². The lowest BCUT2D eigenvalue weighted by Gasteiger charge is -2.05. The summed E-state index contributed by atoms with van der Waals surface area (Å²) in [6, 6.07) is 6.60. The van der Waals surface area contributed by atoms with Crippen molar-refractivity contribution in [3.05, 3.63) is 35.1 Å². The molecule has 0 heterocycles. The third-order valence-electron chi connectivity index (χ3n) is 1.58. The summed E-state index contributed by atoms with van der Waals surface area (Å²) in [5, 5.41) is 8.52. The fraction of sp³-hybridized carbons (Fsp3) is 0.222. The van der Waals surface area contributed by atoms with E-state index in [4.69, 9.17) is 5.26 Å². The highest BCUT2D eigenvalue weighted by Crippen LogP contribution is 2.25. The molecule has 0 amide bonds. The van der Waals surface area contributed by atoms with Gasteiger partial charge in [-0.3, -0.25) is 0 Å². The monoisotopic (exact) mass is 227 g/mol. The number of benzene rings is 1. The molecule has 0 saturated carbocycles. The van der Waals surface area contributed by atoms with Gasteiger partial charge in [-0.15, -0.1) is 0 Å². The predicted molar refractivity (Wildman–Crippen MR) is 48.5 cm³/mol. The van der Waals surface area contributed by atoms with Crippen LogP contribution in [0, 0.1) is 17.1 Å². The van der Waals surface area contributed by atoms with Crippen molar-refractivity contribution < 1.29 is 4.39 Å². The summed E-state index contributed by atoms with van der Waals surface area (Å²) in [4.78, 5) is -0.0641. The van der Waals surface area contributed by atoms with Gasteiger partial charge < -0.3 is 0 Å². The molecule has 62 valence electrons. The first-order valence-corrected chi connectivity index (χ1v) is 4.41. The van der Waals surface area contributed by atoms with Crippen LogP contribution in [-0.2, 0) is 0 Å². The number of hydrogen-bond donors (Lipinski definition) is 0. The molecule has 0 aliphatic rings. The van der Waals surface area contributed by atoms with Crippen molar-refractivity contribution in [3.8, 4) is 6.07 Å². The number of hydrogen-bond acceptors (Lipinski definition) is 1. The van der Waals surface area contributed by atoms with Crippen LogP contribution in [0.5, 0.6) is 0 Å². The molecule has 0 saturated heterocycles. The maximum Gasteiger partial charge on any atom is 0.145 e. The second-order valence-corrected chi connectivity index (χ2v) is 3.81. The van der Waals surface area contributed by atoms with Crippen LogP contribution in [0.15, 0.2) is 18.2 Å². The highest BCUT2D eigenvalue weighted by Gasteiger charge is 2.10. The smallest absolute Gasteiger partial charge is 0.145 e. The van der Waals surface area contributed by atoms with E-state index in [0.29, 0.717) is 5.56 Å². The largest absolute Gasteiger partial charge is 0.205 e. The van der Waals surface area contributed by atoms with E-state index in [-0.39, 0.29) is 10.4 Å². The van der Waals surface area contributed by atoms with Gasteiger partial charge in [-0.25, -0.2) is 4.39 Å². The fourth-order valence-electron chi connectivity index (χ4n) is 0.943. The number of nitrogens with zero attached hydrogens (tertiary/aromatic N) is 1. The maximum atomic E-state index is 13.3. The topological polar surface area (TPSA) is 23.8 Å². The summed E-state index contributed by atoms with van der Waals surface area (Å²) in [6.45, 7) is 1.82. The summed E-state index contributed by atoms with van der Waals surface area (Å²) >= 11 is 3.25. The molecule has 0 aliphatic carbocycles. The van der Waals surface area contributed by atoms with Gasteiger partial charge in [-0.2, -0.15) is 5.26 Å². The maximum absolute atomic E-state index is 13.3. The van der Waals surface area contributed by atoms with Gasteiger partial charge in [0, 0.05) is 10.4 Å². The number of rotatable bonds is 1. The Bertz CT molecular complexity index is 328. The first kappa shape index (κ1) is 9.21. The summed E-state index contributed by atoms with van der Waals surface area (Å²) in [5.74, 6) is -0.427. The van der Waals surface area contributed by atoms with Crippen LogP contribution in [0.4, 0.5) is 4.39 Å². The van der Waals surface area contributed by atoms with Crippen LogP contribution in [0.2, 0.25) is 0 Å². The molecule has 1 aromatic rings. The summed E-state index contributed by atoms with van der Waals surface area (Å²) in [7, 11) is 0. The van der Waals surface area contributed by atoms with Gasteiger partial charge in [0.05, 0.1) is 5.56 Å². The van der Waals surface area contributed by atoms with E-state index >= 15 is 0 Å². The minimum absolute atomic E-state index is 0.0641. The van der Waals surface area contributed by atoms with E-state index in [0.717, 1.165) is 0 Å². The van der Waals surface area contributed by atoms with Crippen LogP contribution in [0.25, 0.3) is 0 Å². The first-order chi connectivity index (χ1) is 5.66. The van der Waals surface area contributed by atoms with Crippen molar-refractivity contribution in [2.75, 3.05) is 0 Å². The minimum Gasteiger partial charge on any atom is -0.205 e. The second kappa shape index (κ2) is 3.68. The SMILES string of the molecule is CC(Br)c1cccc(C#N)c1F. The lowest BCUT2D eigenvalue weighted by molar-refractivity contribution is 0.608. The lowest BCUT2D eigenvalue weighted by Crippen LogP contribution is -1.93. The molecule has 0 aliphatic heterocycles. The minimum atomic E-state index is -0.427. The van der Waals surface area contributed by atoms with Crippen molar-refractivity contribution >= 4 is 15.9 Å². The van der Waals surface area contributed by atoms with Crippen molar-refractivity contribution in [1.82, 2.24) is 0 Å². The van der Waals surface area contributed by atoms with E-state index in [1.807, 2.05) is 6.92 Å². The van der Waals surface area contributed by atoms with Gasteiger partial charge >= 0.3 is 0 Å². The van der Waals surface area contributed by atoms with Gasteiger partial charge in [0.2, 0.25) is 0 Å². The molecule has 3 heteroatoms. The second-order valence-electron chi connectivity index (χ2n) is 2.44. The van der Waals surface area contributed by atoms with Gasteiger partial charge in [0.25, 0.3) is 0 Å². The summed E-state index contributed by atoms with van der Waals surface area (Å²) < 4.78 is 13.3. The Balaban J connectivity index is 3.25. The Labute approximate surface area is 79.0 Å². The van der Waals surface area contributed by atoms with Crippen LogP contribution in [-0.4, -0.2) is 0 Å². The molecule has 1 atom stereocenters. The highest BCUT2D eigenvalue weighted by molar-refractivity contribution is 9.09. The zero-order valence-electron chi connectivity index (χ0n) is 6.51. The Morgan fingerprint density at radius 3 is 2.75 bits per heavy atom. The predicted octanol–water partition coefficient (Wildman–Crippen LogP) is 3.15. The lowest BCUT2D eigenvalue weighted by atomic mass is 10.1. The average Bonchev–Trinajstić information content (AvgIpc) is 2.04. The molecule has 0 aromatic heterocycles. The molecule has 12 heavy (non-hydrogen) atoms. The highest BCUT2D eigenvalue weighted by atomic mass is 79.9. The van der Waals surface area contributed by atoms with E-state index in [1.165, 1.54) is 6.07 Å². The average molecular weight is 228 g/mol. The fourth-order valence-corrected chi connectivity index (χ4v) is 1.30. The molecule has 0 spiro atoms. The van der Waals surface area contributed by atoms with Crippen molar-refractivity contribution in [2.45, 2.75) is 11.8 Å². The Morgan fingerprint density at radius 1 is 1.58 bits per heavy atom. The van der Waals surface area contributed by atoms with Gasteiger partial charge in [-0.05, 0) is 13.0 Å². The summed E-state index contributed by atoms with van der Waals surface area (Å²) in [5.41, 5.74) is 0.618. The van der Waals surface area contributed by atoms with Crippen molar-refractivity contribution in [2.24, 2.45) is 0 Å². The van der Waals surface area contributed by atoms with Gasteiger partial charge in [0.1, 0.15) is 11.9 Å². The molecule has 0 fully saturated rings. The van der Waals surface area contributed by atoms with Crippen molar-refractivity contribution in [3.63, 3.8) is 0 Å². The van der Waals surface area contributed by atoms with Crippen LogP contribution < -0.4 is 0 Å². The Hall–Kier alpha value is -0.880. The van der Waals surface area contributed by atoms with Gasteiger partial charge in [0.15, 0.2) is 0 Å². The standard InChI is InChI=1S/C9H7BrFN/c1-6(10)8-4-2-3-7(5-12)9(8)11/h2-4,6H,1H3. The quantitative estimate of drug-likeness (QED) is 0.677. The molecule has 0 N–H and O–H groups in total. The molecule has 1 unspecified atom stereocenters. The first-order valence-electron chi connectivity index (χ1n) is 3.49. The van der Waals surface area contributed by atoms with Crippen LogP contribution in [0.1, 0.15) is 22.9 Å². The van der Waals surface area contributed by atoms with E-state index in [1.54, 1.807) is 18.2 Å². The molecule has 1 aromatic carbocycles. The van der Waals surface area contributed by atoms with Crippen LogP contribution in [0.3, 0.4) is 0 Å². The zero-order valence-corrected chi connectivity index (χ0v) is 8.10. The third-order valence-corrected chi connectivity index (χ3v) is 2.07. The number of alkyl halides is 1. The normalized spacial score (nSPS) is 12.2. The molecule has 1 nitrogen and oxygen atoms in total. The number of nitriles is 1. The van der Waals surface area contributed by atoms with E-state index in [9.17, 15) is 4.39 Å². The molecule has 0 radical (unpaired) electrons. The zero-order chi connectivity index (χ0) is 9.14. The Kier molecular flexibility index (Phi) is 2.83. The molecule has 1 rings (SSSR count). The molecular formula is C9H7BrFN. The Morgan fingerprint density at radius 2 is 2.25 bits per heavy atom. The summed E-state index contributed by atoms with van der Waals surface area (Å²) in [6.07, 6.45) is 0.